The largest absolute Gasteiger partial charge is 0.398 e. The van der Waals surface area contributed by atoms with E-state index in [1.54, 1.807) is 12.1 Å². The first-order valence-electron chi connectivity index (χ1n) is 4.91. The van der Waals surface area contributed by atoms with Gasteiger partial charge in [-0.2, -0.15) is 11.8 Å². The number of hydrogen-bond acceptors (Lipinski definition) is 3. The van der Waals surface area contributed by atoms with Gasteiger partial charge in [0.1, 0.15) is 0 Å². The topological polar surface area (TPSA) is 69.1 Å². The lowest BCUT2D eigenvalue weighted by Gasteiger charge is -2.06. The minimum absolute atomic E-state index is 0.436. The number of benzene rings is 1. The summed E-state index contributed by atoms with van der Waals surface area (Å²) >= 11 is 1.84. The molecule has 0 aliphatic carbocycles. The van der Waals surface area contributed by atoms with E-state index in [1.807, 2.05) is 17.8 Å². The van der Waals surface area contributed by atoms with Gasteiger partial charge in [-0.3, -0.25) is 4.79 Å². The second-order valence-electron chi connectivity index (χ2n) is 3.33. The van der Waals surface area contributed by atoms with E-state index in [1.165, 1.54) is 0 Å². The Morgan fingerprint density at radius 2 is 2.20 bits per heavy atom. The van der Waals surface area contributed by atoms with Crippen LogP contribution in [0, 0.1) is 0 Å². The number of primary amides is 1. The zero-order valence-corrected chi connectivity index (χ0v) is 9.64. The number of nitrogens with two attached hydrogens (primary N) is 2. The molecule has 0 unspecified atom stereocenters. The summed E-state index contributed by atoms with van der Waals surface area (Å²) < 4.78 is 0. The van der Waals surface area contributed by atoms with Crippen molar-refractivity contribution in [3.63, 3.8) is 0 Å². The van der Waals surface area contributed by atoms with E-state index in [0.717, 1.165) is 23.5 Å². The fraction of sp³-hybridized carbons (Fsp3) is 0.364. The van der Waals surface area contributed by atoms with E-state index in [4.69, 9.17) is 11.5 Å². The second-order valence-corrected chi connectivity index (χ2v) is 4.44. The van der Waals surface area contributed by atoms with Gasteiger partial charge in [-0.25, -0.2) is 0 Å². The van der Waals surface area contributed by atoms with Crippen LogP contribution in [-0.2, 0) is 5.75 Å². The number of thioether (sulfide) groups is 1. The van der Waals surface area contributed by atoms with Gasteiger partial charge in [-0.1, -0.05) is 13.0 Å². The lowest BCUT2D eigenvalue weighted by molar-refractivity contribution is 0.100. The molecule has 0 aliphatic heterocycles. The molecule has 4 heteroatoms. The number of amides is 1. The summed E-state index contributed by atoms with van der Waals surface area (Å²) in [5.41, 5.74) is 13.2. The third kappa shape index (κ3) is 3.47. The molecule has 1 rings (SSSR count). The maximum Gasteiger partial charge on any atom is 0.248 e. The molecule has 0 bridgehead atoms. The van der Waals surface area contributed by atoms with Gasteiger partial charge in [0.25, 0.3) is 0 Å². The van der Waals surface area contributed by atoms with Crippen molar-refractivity contribution in [3.05, 3.63) is 29.3 Å². The van der Waals surface area contributed by atoms with Gasteiger partial charge in [0.15, 0.2) is 0 Å². The summed E-state index contributed by atoms with van der Waals surface area (Å²) in [5, 5.41) is 0. The third-order valence-corrected chi connectivity index (χ3v) is 3.25. The van der Waals surface area contributed by atoms with Crippen molar-refractivity contribution in [1.29, 1.82) is 0 Å². The molecule has 82 valence electrons. The molecule has 0 radical (unpaired) electrons. The van der Waals surface area contributed by atoms with Gasteiger partial charge in [0.05, 0.1) is 0 Å². The monoisotopic (exact) mass is 224 g/mol. The molecule has 4 N–H and O–H groups in total. The Kier molecular flexibility index (Phi) is 4.49. The fourth-order valence-corrected chi connectivity index (χ4v) is 2.12. The Hall–Kier alpha value is -1.16. The molecule has 0 heterocycles. The number of hydrogen-bond donors (Lipinski definition) is 2. The Morgan fingerprint density at radius 1 is 1.47 bits per heavy atom. The van der Waals surface area contributed by atoms with Crippen LogP contribution in [0.15, 0.2) is 18.2 Å². The van der Waals surface area contributed by atoms with Crippen molar-refractivity contribution in [2.75, 3.05) is 11.5 Å². The van der Waals surface area contributed by atoms with Crippen LogP contribution < -0.4 is 11.5 Å². The Balaban J connectivity index is 2.70. The molecule has 0 fully saturated rings. The normalized spacial score (nSPS) is 10.2. The van der Waals surface area contributed by atoms with Crippen LogP contribution in [0.4, 0.5) is 5.69 Å². The summed E-state index contributed by atoms with van der Waals surface area (Å²) in [7, 11) is 0. The molecule has 1 aromatic rings. The lowest BCUT2D eigenvalue weighted by atomic mass is 10.1. The molecule has 0 atom stereocenters. The summed E-state index contributed by atoms with van der Waals surface area (Å²) in [6.07, 6.45) is 1.16. The first-order chi connectivity index (χ1) is 7.15. The number of nitrogen functional groups attached to an aromatic ring is 1. The van der Waals surface area contributed by atoms with Crippen molar-refractivity contribution < 1.29 is 4.79 Å². The molecule has 0 spiro atoms. The van der Waals surface area contributed by atoms with E-state index >= 15 is 0 Å². The molecule has 0 aliphatic rings. The summed E-state index contributed by atoms with van der Waals surface area (Å²) in [6, 6.07) is 5.24. The smallest absolute Gasteiger partial charge is 0.248 e. The lowest BCUT2D eigenvalue weighted by Crippen LogP contribution is -2.11. The highest BCUT2D eigenvalue weighted by molar-refractivity contribution is 7.98. The average Bonchev–Trinajstić information content (AvgIpc) is 2.20. The summed E-state index contributed by atoms with van der Waals surface area (Å²) in [4.78, 5) is 10.9. The standard InChI is InChI=1S/C11H16N2OS/c1-2-5-15-7-9-4-3-8(11(13)14)6-10(9)12/h3-4,6H,2,5,7,12H2,1H3,(H2,13,14). The minimum atomic E-state index is -0.436. The predicted octanol–water partition coefficient (Wildman–Crippen LogP) is 2.01. The number of rotatable bonds is 5. The molecular formula is C11H16N2OS. The van der Waals surface area contributed by atoms with Gasteiger partial charge in [0, 0.05) is 17.0 Å². The number of anilines is 1. The fourth-order valence-electron chi connectivity index (χ4n) is 1.21. The van der Waals surface area contributed by atoms with Crippen molar-refractivity contribution in [2.45, 2.75) is 19.1 Å². The van der Waals surface area contributed by atoms with Crippen LogP contribution in [0.5, 0.6) is 0 Å². The predicted molar refractivity (Wildman–Crippen MR) is 65.8 cm³/mol. The summed E-state index contributed by atoms with van der Waals surface area (Å²) in [6.45, 7) is 2.15. The van der Waals surface area contributed by atoms with Crippen LogP contribution in [0.1, 0.15) is 29.3 Å². The maximum atomic E-state index is 10.9. The van der Waals surface area contributed by atoms with Crippen LogP contribution in [0.25, 0.3) is 0 Å². The zero-order chi connectivity index (χ0) is 11.3. The highest BCUT2D eigenvalue weighted by Gasteiger charge is 2.04. The number of carbonyl (C=O) groups is 1. The molecule has 1 amide bonds. The van der Waals surface area contributed by atoms with E-state index in [-0.39, 0.29) is 0 Å². The van der Waals surface area contributed by atoms with Crippen LogP contribution in [-0.4, -0.2) is 11.7 Å². The van der Waals surface area contributed by atoms with Crippen LogP contribution in [0.2, 0.25) is 0 Å². The number of carbonyl (C=O) groups excluding carboxylic acids is 1. The van der Waals surface area contributed by atoms with Crippen molar-refractivity contribution in [1.82, 2.24) is 0 Å². The molecule has 0 saturated carbocycles. The second kappa shape index (κ2) is 5.66. The van der Waals surface area contributed by atoms with Crippen LogP contribution in [0.3, 0.4) is 0 Å². The first-order valence-corrected chi connectivity index (χ1v) is 6.06. The van der Waals surface area contributed by atoms with Gasteiger partial charge >= 0.3 is 0 Å². The SMILES string of the molecule is CCCSCc1ccc(C(N)=O)cc1N. The minimum Gasteiger partial charge on any atom is -0.398 e. The first kappa shape index (κ1) is 11.9. The maximum absolute atomic E-state index is 10.9. The van der Waals surface area contributed by atoms with Gasteiger partial charge < -0.3 is 11.5 Å². The van der Waals surface area contributed by atoms with Crippen molar-refractivity contribution in [2.24, 2.45) is 5.73 Å². The molecule has 1 aromatic carbocycles. The molecule has 0 saturated heterocycles. The molecule has 15 heavy (non-hydrogen) atoms. The molecule has 3 nitrogen and oxygen atoms in total. The van der Waals surface area contributed by atoms with E-state index in [9.17, 15) is 4.79 Å². The quantitative estimate of drug-likeness (QED) is 0.594. The van der Waals surface area contributed by atoms with E-state index < -0.39 is 5.91 Å². The van der Waals surface area contributed by atoms with Crippen molar-refractivity contribution >= 4 is 23.4 Å². The van der Waals surface area contributed by atoms with E-state index in [2.05, 4.69) is 6.92 Å². The van der Waals surface area contributed by atoms with Gasteiger partial charge in [0.2, 0.25) is 5.91 Å². The Morgan fingerprint density at radius 3 is 2.73 bits per heavy atom. The van der Waals surface area contributed by atoms with Gasteiger partial charge in [-0.05, 0) is 29.9 Å². The summed E-state index contributed by atoms with van der Waals surface area (Å²) in [5.74, 6) is 1.57. The van der Waals surface area contributed by atoms with Crippen LogP contribution >= 0.6 is 11.8 Å². The zero-order valence-electron chi connectivity index (χ0n) is 8.82. The van der Waals surface area contributed by atoms with E-state index in [0.29, 0.717) is 11.3 Å². The Bertz CT molecular complexity index is 352. The average molecular weight is 224 g/mol. The highest BCUT2D eigenvalue weighted by atomic mass is 32.2. The van der Waals surface area contributed by atoms with Gasteiger partial charge in [-0.15, -0.1) is 0 Å². The molecule has 0 aromatic heterocycles. The third-order valence-electron chi connectivity index (χ3n) is 2.04. The Labute approximate surface area is 94.2 Å². The molecular weight excluding hydrogens is 208 g/mol. The highest BCUT2D eigenvalue weighted by Crippen LogP contribution is 2.20. The van der Waals surface area contributed by atoms with Crippen molar-refractivity contribution in [3.8, 4) is 0 Å².